The van der Waals surface area contributed by atoms with E-state index in [9.17, 15) is 9.90 Å². The highest BCUT2D eigenvalue weighted by Crippen LogP contribution is 2.32. The molecular weight excluding hydrogens is 353 g/mol. The van der Waals surface area contributed by atoms with Crippen molar-refractivity contribution in [2.45, 2.75) is 4.90 Å². The van der Waals surface area contributed by atoms with Gasteiger partial charge in [0, 0.05) is 20.3 Å². The van der Waals surface area contributed by atoms with Crippen LogP contribution in [0.5, 0.6) is 0 Å². The average Bonchev–Trinajstić information content (AvgIpc) is 2.51. The van der Waals surface area contributed by atoms with Gasteiger partial charge in [0.1, 0.15) is 0 Å². The first-order valence-corrected chi connectivity index (χ1v) is 8.26. The van der Waals surface area contributed by atoms with Gasteiger partial charge >= 0.3 is 5.97 Å². The fraction of sp³-hybridized carbons (Fsp3) is 0. The number of carbonyl (C=O) groups is 1. The zero-order valence-electron chi connectivity index (χ0n) is 11.7. The quantitative estimate of drug-likeness (QED) is 0.561. The van der Waals surface area contributed by atoms with E-state index in [0.29, 0.717) is 15.4 Å². The van der Waals surface area contributed by atoms with Crippen LogP contribution in [0.1, 0.15) is 10.4 Å². The van der Waals surface area contributed by atoms with Crippen LogP contribution in [-0.2, 0) is 0 Å². The van der Waals surface area contributed by atoms with E-state index in [0.717, 1.165) is 16.0 Å². The first-order chi connectivity index (χ1) is 11.0. The van der Waals surface area contributed by atoms with Crippen molar-refractivity contribution in [3.63, 3.8) is 0 Å². The summed E-state index contributed by atoms with van der Waals surface area (Å²) in [5, 5.41) is 11.9. The lowest BCUT2D eigenvalue weighted by Gasteiger charge is -2.11. The molecule has 0 saturated heterocycles. The number of carboxylic acids is 1. The Kier molecular flexibility index (Phi) is 4.66. The summed E-state index contributed by atoms with van der Waals surface area (Å²) < 4.78 is 3.23. The third-order valence-corrected chi connectivity index (χ3v) is 4.50. The normalized spacial score (nSPS) is 10.7. The molecule has 0 radical (unpaired) electrons. The minimum atomic E-state index is -0.943. The number of halogens is 2. The van der Waals surface area contributed by atoms with Crippen molar-refractivity contribution in [3.05, 3.63) is 70.2 Å². The van der Waals surface area contributed by atoms with Crippen LogP contribution in [0.15, 0.2) is 59.5 Å². The SMILES string of the molecule is O=C(O)c1ccc(NSc2cc(Cl)cc(Cl)c2)c2ccccc12. The minimum absolute atomic E-state index is 0.280. The standard InChI is InChI=1S/C17H11Cl2NO2S/c18-10-7-11(19)9-12(8-10)23-20-16-6-5-15(17(21)22)13-3-1-2-4-14(13)16/h1-9,20H,(H,21,22). The molecule has 116 valence electrons. The van der Waals surface area contributed by atoms with Gasteiger partial charge in [-0.25, -0.2) is 4.79 Å². The molecule has 0 aromatic heterocycles. The Hall–Kier alpha value is -1.88. The monoisotopic (exact) mass is 363 g/mol. The molecule has 23 heavy (non-hydrogen) atoms. The molecule has 3 aromatic carbocycles. The van der Waals surface area contributed by atoms with Gasteiger partial charge in [0.15, 0.2) is 0 Å². The van der Waals surface area contributed by atoms with Crippen molar-refractivity contribution in [2.24, 2.45) is 0 Å². The van der Waals surface area contributed by atoms with E-state index in [1.807, 2.05) is 18.2 Å². The highest BCUT2D eigenvalue weighted by atomic mass is 35.5. The molecule has 0 atom stereocenters. The lowest BCUT2D eigenvalue weighted by atomic mass is 10.0. The van der Waals surface area contributed by atoms with Crippen LogP contribution >= 0.6 is 35.1 Å². The third-order valence-electron chi connectivity index (χ3n) is 3.27. The Labute approximate surface area is 147 Å². The number of aromatic carboxylic acids is 1. The summed E-state index contributed by atoms with van der Waals surface area (Å²) in [6, 6.07) is 16.0. The van der Waals surface area contributed by atoms with Crippen LogP contribution in [0.2, 0.25) is 10.0 Å². The van der Waals surface area contributed by atoms with Crippen LogP contribution in [0.25, 0.3) is 10.8 Å². The smallest absolute Gasteiger partial charge is 0.336 e. The number of hydrogen-bond acceptors (Lipinski definition) is 3. The van der Waals surface area contributed by atoms with Gasteiger partial charge in [-0.05, 0) is 47.7 Å². The van der Waals surface area contributed by atoms with Gasteiger partial charge in [-0.3, -0.25) is 0 Å². The van der Waals surface area contributed by atoms with Crippen LogP contribution in [0.4, 0.5) is 5.69 Å². The number of anilines is 1. The molecule has 0 unspecified atom stereocenters. The predicted octanol–water partition coefficient (Wildman–Crippen LogP) is 5.96. The molecule has 0 fully saturated rings. The molecule has 0 heterocycles. The van der Waals surface area contributed by atoms with Crippen molar-refractivity contribution < 1.29 is 9.90 Å². The lowest BCUT2D eigenvalue weighted by molar-refractivity contribution is 0.0699. The maximum Gasteiger partial charge on any atom is 0.336 e. The van der Waals surface area contributed by atoms with Gasteiger partial charge in [-0.1, -0.05) is 47.5 Å². The zero-order valence-corrected chi connectivity index (χ0v) is 14.0. The second kappa shape index (κ2) is 6.71. The molecule has 0 aliphatic rings. The third kappa shape index (κ3) is 3.55. The number of rotatable bonds is 4. The molecule has 0 amide bonds. The van der Waals surface area contributed by atoms with Gasteiger partial charge < -0.3 is 9.83 Å². The number of carboxylic acid groups (broad SMARTS) is 1. The molecule has 0 saturated carbocycles. The predicted molar refractivity (Wildman–Crippen MR) is 96.8 cm³/mol. The Morgan fingerprint density at radius 2 is 1.61 bits per heavy atom. The van der Waals surface area contributed by atoms with Crippen LogP contribution in [0, 0.1) is 0 Å². The highest BCUT2D eigenvalue weighted by molar-refractivity contribution is 8.00. The van der Waals surface area contributed by atoms with E-state index in [1.54, 1.807) is 36.4 Å². The first kappa shape index (κ1) is 16.0. The second-order valence-corrected chi connectivity index (χ2v) is 6.57. The van der Waals surface area contributed by atoms with Crippen LogP contribution in [0.3, 0.4) is 0 Å². The fourth-order valence-corrected chi connectivity index (χ4v) is 3.71. The fourth-order valence-electron chi connectivity index (χ4n) is 2.28. The van der Waals surface area contributed by atoms with Crippen molar-refractivity contribution in [1.82, 2.24) is 0 Å². The topological polar surface area (TPSA) is 49.3 Å². The molecular formula is C17H11Cl2NO2S. The zero-order chi connectivity index (χ0) is 16.4. The second-order valence-electron chi connectivity index (χ2n) is 4.82. The number of benzene rings is 3. The molecule has 0 bridgehead atoms. The summed E-state index contributed by atoms with van der Waals surface area (Å²) in [5.41, 5.74) is 1.11. The Balaban J connectivity index is 1.94. The van der Waals surface area contributed by atoms with Crippen LogP contribution in [-0.4, -0.2) is 11.1 Å². The molecule has 2 N–H and O–H groups in total. The Morgan fingerprint density at radius 3 is 2.26 bits per heavy atom. The van der Waals surface area contributed by atoms with Crippen LogP contribution < -0.4 is 4.72 Å². The Morgan fingerprint density at radius 1 is 0.957 bits per heavy atom. The van der Waals surface area contributed by atoms with Gasteiger partial charge in [0.2, 0.25) is 0 Å². The first-order valence-electron chi connectivity index (χ1n) is 6.68. The van der Waals surface area contributed by atoms with Gasteiger partial charge in [0.05, 0.1) is 11.3 Å². The van der Waals surface area contributed by atoms with E-state index < -0.39 is 5.97 Å². The summed E-state index contributed by atoms with van der Waals surface area (Å²) >= 11 is 13.3. The van der Waals surface area contributed by atoms with Crippen molar-refractivity contribution in [3.8, 4) is 0 Å². The number of hydrogen-bond donors (Lipinski definition) is 2. The van der Waals surface area contributed by atoms with E-state index in [2.05, 4.69) is 4.72 Å². The van der Waals surface area contributed by atoms with E-state index in [4.69, 9.17) is 23.2 Å². The molecule has 3 rings (SSSR count). The molecule has 0 spiro atoms. The minimum Gasteiger partial charge on any atom is -0.478 e. The summed E-state index contributed by atoms with van der Waals surface area (Å²) in [6.45, 7) is 0. The molecule has 3 aromatic rings. The lowest BCUT2D eigenvalue weighted by Crippen LogP contribution is -1.99. The van der Waals surface area contributed by atoms with Gasteiger partial charge in [0.25, 0.3) is 0 Å². The molecule has 0 aliphatic carbocycles. The maximum atomic E-state index is 11.3. The maximum absolute atomic E-state index is 11.3. The Bertz CT molecular complexity index is 879. The summed E-state index contributed by atoms with van der Waals surface area (Å²) in [7, 11) is 0. The van der Waals surface area contributed by atoms with Gasteiger partial charge in [-0.2, -0.15) is 0 Å². The van der Waals surface area contributed by atoms with Crippen molar-refractivity contribution in [2.75, 3.05) is 4.72 Å². The number of fused-ring (bicyclic) bond motifs is 1. The van der Waals surface area contributed by atoms with Crippen molar-refractivity contribution >= 4 is 57.6 Å². The van der Waals surface area contributed by atoms with E-state index in [1.165, 1.54) is 11.9 Å². The van der Waals surface area contributed by atoms with E-state index >= 15 is 0 Å². The number of nitrogens with one attached hydrogen (secondary N) is 1. The molecule has 3 nitrogen and oxygen atoms in total. The van der Waals surface area contributed by atoms with Crippen molar-refractivity contribution in [1.29, 1.82) is 0 Å². The summed E-state index contributed by atoms with van der Waals surface area (Å²) in [4.78, 5) is 12.2. The molecule has 6 heteroatoms. The van der Waals surface area contributed by atoms with E-state index in [-0.39, 0.29) is 5.56 Å². The summed E-state index contributed by atoms with van der Waals surface area (Å²) in [6.07, 6.45) is 0. The average molecular weight is 364 g/mol. The molecule has 0 aliphatic heterocycles. The summed E-state index contributed by atoms with van der Waals surface area (Å²) in [5.74, 6) is -0.943. The largest absolute Gasteiger partial charge is 0.478 e. The van der Waals surface area contributed by atoms with Gasteiger partial charge in [-0.15, -0.1) is 0 Å². The highest BCUT2D eigenvalue weighted by Gasteiger charge is 2.11.